The van der Waals surface area contributed by atoms with Crippen molar-refractivity contribution in [3.05, 3.63) is 96.1 Å². The molecule has 184 valence electrons. The topological polar surface area (TPSA) is 94.4 Å². The van der Waals surface area contributed by atoms with Crippen LogP contribution >= 0.6 is 0 Å². The smallest absolute Gasteiger partial charge is 0.338 e. The first kappa shape index (κ1) is 24.8. The summed E-state index contributed by atoms with van der Waals surface area (Å²) < 4.78 is 25.3. The highest BCUT2D eigenvalue weighted by atomic mass is 19.1. The molecular formula is C28H24FNO6. The molecule has 0 spiro atoms. The Hall–Kier alpha value is -4.30. The first-order valence-electron chi connectivity index (χ1n) is 11.2. The van der Waals surface area contributed by atoms with Crippen molar-refractivity contribution in [2.75, 3.05) is 13.7 Å². The molecule has 0 radical (unpaired) electrons. The van der Waals surface area contributed by atoms with Gasteiger partial charge in [0.2, 0.25) is 0 Å². The lowest BCUT2D eigenvalue weighted by atomic mass is 10.1. The van der Waals surface area contributed by atoms with Crippen LogP contribution in [-0.4, -0.2) is 55.4 Å². The average Bonchev–Trinajstić information content (AvgIpc) is 2.92. The van der Waals surface area contributed by atoms with Gasteiger partial charge < -0.3 is 19.4 Å². The number of halogens is 1. The lowest BCUT2D eigenvalue weighted by Gasteiger charge is -2.24. The van der Waals surface area contributed by atoms with Crippen LogP contribution in [0.3, 0.4) is 0 Å². The monoisotopic (exact) mass is 489 g/mol. The third-order valence-corrected chi connectivity index (χ3v) is 5.60. The van der Waals surface area contributed by atoms with Crippen molar-refractivity contribution < 1.29 is 33.4 Å². The molecule has 0 saturated heterocycles. The minimum Gasteiger partial charge on any atom is -0.459 e. The molecule has 0 heterocycles. The fourth-order valence-corrected chi connectivity index (χ4v) is 3.72. The number of carbonyl (C=O) groups excluding carboxylic acids is 2. The van der Waals surface area contributed by atoms with Gasteiger partial charge in [-0.25, -0.2) is 14.0 Å². The number of nitrogens with zero attached hydrogens (tertiary/aromatic N) is 1. The molecule has 0 saturated carbocycles. The van der Waals surface area contributed by atoms with Gasteiger partial charge in [0.1, 0.15) is 19.8 Å². The number of rotatable bonds is 9. The minimum atomic E-state index is -2.02. The number of fused-ring (bicyclic) bond motifs is 2. The third-order valence-electron chi connectivity index (χ3n) is 5.60. The number of hydrogen-bond acceptors (Lipinski definition) is 7. The van der Waals surface area contributed by atoms with Crippen LogP contribution in [-0.2, 0) is 14.3 Å². The van der Waals surface area contributed by atoms with E-state index in [9.17, 15) is 19.1 Å². The molecule has 0 aliphatic heterocycles. The molecule has 3 atom stereocenters. The summed E-state index contributed by atoms with van der Waals surface area (Å²) in [4.78, 5) is 29.8. The predicted octanol–water partition coefficient (Wildman–Crippen LogP) is 4.71. The van der Waals surface area contributed by atoms with Gasteiger partial charge in [0, 0.05) is 0 Å². The Morgan fingerprint density at radius 1 is 0.861 bits per heavy atom. The summed E-state index contributed by atoms with van der Waals surface area (Å²) in [6.07, 6.45) is -4.64. The van der Waals surface area contributed by atoms with Gasteiger partial charge in [0.25, 0.3) is 0 Å². The number of alkyl halides is 1. The molecule has 4 rings (SSSR count). The predicted molar refractivity (Wildman–Crippen MR) is 134 cm³/mol. The Labute approximate surface area is 206 Å². The van der Waals surface area contributed by atoms with E-state index < -0.39 is 36.9 Å². The van der Waals surface area contributed by atoms with Gasteiger partial charge in [-0.05, 0) is 45.8 Å². The van der Waals surface area contributed by atoms with E-state index in [-0.39, 0.29) is 11.1 Å². The maximum absolute atomic E-state index is 14.8. The minimum absolute atomic E-state index is 0.176. The average molecular weight is 489 g/mol. The van der Waals surface area contributed by atoms with Gasteiger partial charge in [-0.1, -0.05) is 65.8 Å². The van der Waals surface area contributed by atoms with Crippen molar-refractivity contribution in [3.63, 3.8) is 0 Å². The number of oxime groups is 1. The zero-order valence-corrected chi connectivity index (χ0v) is 19.4. The Kier molecular flexibility index (Phi) is 7.87. The summed E-state index contributed by atoms with van der Waals surface area (Å²) in [5, 5.41) is 17.5. The van der Waals surface area contributed by atoms with Gasteiger partial charge in [-0.3, -0.25) is 0 Å². The number of benzene rings is 4. The summed E-state index contributed by atoms with van der Waals surface area (Å²) in [7, 11) is 1.22. The van der Waals surface area contributed by atoms with Crippen LogP contribution in [0.5, 0.6) is 0 Å². The molecule has 0 bridgehead atoms. The van der Waals surface area contributed by atoms with E-state index in [0.717, 1.165) is 27.8 Å². The normalized spacial score (nSPS) is 13.9. The molecular weight excluding hydrogens is 465 g/mol. The Morgan fingerprint density at radius 2 is 1.39 bits per heavy atom. The standard InChI is InChI=1S/C28H24FNO6/c1-34-30-16-24(29)26(36-28(33)23-13-11-19-7-3-5-9-21(19)15-23)25(31)17-35-27(32)22-12-10-18-6-2-4-8-20(18)14-22/h2-16,24-26,31H,17H2,1H3/b30-16+/t24-,25-,26+/m1/s1. The Balaban J connectivity index is 1.47. The second-order valence-corrected chi connectivity index (χ2v) is 8.04. The fourth-order valence-electron chi connectivity index (χ4n) is 3.72. The highest BCUT2D eigenvalue weighted by molar-refractivity contribution is 5.96. The maximum atomic E-state index is 14.8. The SMILES string of the molecule is CO/N=C/[C@@H](F)[C@H](OC(=O)c1ccc2ccccc2c1)[C@H](O)COC(=O)c1ccc2ccccc2c1. The highest BCUT2D eigenvalue weighted by Crippen LogP contribution is 2.20. The Bertz CT molecular complexity index is 1410. The van der Waals surface area contributed by atoms with Crippen LogP contribution < -0.4 is 0 Å². The lowest BCUT2D eigenvalue weighted by Crippen LogP contribution is -2.43. The van der Waals surface area contributed by atoms with Gasteiger partial charge in [-0.15, -0.1) is 0 Å². The number of ether oxygens (including phenoxy) is 2. The van der Waals surface area contributed by atoms with Crippen LogP contribution in [0.25, 0.3) is 21.5 Å². The molecule has 4 aromatic carbocycles. The maximum Gasteiger partial charge on any atom is 0.338 e. The van der Waals surface area contributed by atoms with Crippen molar-refractivity contribution in [3.8, 4) is 0 Å². The third kappa shape index (κ3) is 5.84. The van der Waals surface area contributed by atoms with E-state index >= 15 is 0 Å². The molecule has 4 aromatic rings. The molecule has 0 amide bonds. The van der Waals surface area contributed by atoms with Gasteiger partial charge in [0.05, 0.1) is 17.3 Å². The van der Waals surface area contributed by atoms with Crippen LogP contribution in [0.15, 0.2) is 90.1 Å². The van der Waals surface area contributed by atoms with Gasteiger partial charge in [-0.2, -0.15) is 0 Å². The van der Waals surface area contributed by atoms with Crippen LogP contribution in [0, 0.1) is 0 Å². The molecule has 0 unspecified atom stereocenters. The molecule has 0 aromatic heterocycles. The first-order valence-corrected chi connectivity index (χ1v) is 11.2. The number of aliphatic hydroxyl groups is 1. The molecule has 0 aliphatic rings. The second-order valence-electron chi connectivity index (χ2n) is 8.04. The van der Waals surface area contributed by atoms with Gasteiger partial charge in [0.15, 0.2) is 12.3 Å². The van der Waals surface area contributed by atoms with Crippen LogP contribution in [0.1, 0.15) is 20.7 Å². The fraction of sp³-hybridized carbons (Fsp3) is 0.179. The molecule has 8 heteroatoms. The number of carbonyl (C=O) groups is 2. The van der Waals surface area contributed by atoms with Crippen molar-refractivity contribution in [2.45, 2.75) is 18.4 Å². The molecule has 7 nitrogen and oxygen atoms in total. The highest BCUT2D eigenvalue weighted by Gasteiger charge is 2.33. The van der Waals surface area contributed by atoms with Crippen molar-refractivity contribution in [2.24, 2.45) is 5.16 Å². The largest absolute Gasteiger partial charge is 0.459 e. The van der Waals surface area contributed by atoms with Crippen LogP contribution in [0.2, 0.25) is 0 Å². The quantitative estimate of drug-likeness (QED) is 0.208. The summed E-state index contributed by atoms with van der Waals surface area (Å²) in [5.74, 6) is -1.56. The lowest BCUT2D eigenvalue weighted by molar-refractivity contribution is -0.0594. The summed E-state index contributed by atoms with van der Waals surface area (Å²) in [5.41, 5.74) is 0.443. The number of aliphatic hydroxyl groups excluding tert-OH is 1. The second kappa shape index (κ2) is 11.4. The Morgan fingerprint density at radius 3 is 1.94 bits per heavy atom. The summed E-state index contributed by atoms with van der Waals surface area (Å²) >= 11 is 0. The molecule has 1 N–H and O–H groups in total. The van der Waals surface area contributed by atoms with Crippen molar-refractivity contribution in [1.82, 2.24) is 0 Å². The van der Waals surface area contributed by atoms with E-state index in [1.165, 1.54) is 7.11 Å². The van der Waals surface area contributed by atoms with Crippen LogP contribution in [0.4, 0.5) is 4.39 Å². The number of esters is 2. The summed E-state index contributed by atoms with van der Waals surface area (Å²) in [6.45, 7) is -0.609. The van der Waals surface area contributed by atoms with Crippen molar-refractivity contribution >= 4 is 39.7 Å². The van der Waals surface area contributed by atoms with E-state index in [4.69, 9.17) is 9.47 Å². The van der Waals surface area contributed by atoms with E-state index in [2.05, 4.69) is 9.99 Å². The zero-order valence-electron chi connectivity index (χ0n) is 19.4. The number of hydrogen-bond donors (Lipinski definition) is 1. The van der Waals surface area contributed by atoms with Gasteiger partial charge >= 0.3 is 11.9 Å². The van der Waals surface area contributed by atoms with Crippen molar-refractivity contribution in [1.29, 1.82) is 0 Å². The molecule has 0 aliphatic carbocycles. The van der Waals surface area contributed by atoms with E-state index in [1.807, 2.05) is 48.5 Å². The summed E-state index contributed by atoms with van der Waals surface area (Å²) in [6, 6.07) is 24.8. The first-order chi connectivity index (χ1) is 17.5. The molecule has 0 fully saturated rings. The molecule has 36 heavy (non-hydrogen) atoms. The van der Waals surface area contributed by atoms with E-state index in [1.54, 1.807) is 36.4 Å². The van der Waals surface area contributed by atoms with E-state index in [0.29, 0.717) is 0 Å². The zero-order chi connectivity index (χ0) is 25.5.